The van der Waals surface area contributed by atoms with E-state index in [9.17, 15) is 4.79 Å². The lowest BCUT2D eigenvalue weighted by Crippen LogP contribution is -2.49. The van der Waals surface area contributed by atoms with Crippen LogP contribution in [0.3, 0.4) is 0 Å². The highest BCUT2D eigenvalue weighted by Gasteiger charge is 2.22. The monoisotopic (exact) mass is 499 g/mol. The van der Waals surface area contributed by atoms with Gasteiger partial charge in [0.25, 0.3) is 5.22 Å². The quantitative estimate of drug-likeness (QED) is 0.345. The average molecular weight is 500 g/mol. The number of thioether (sulfide) groups is 1. The summed E-state index contributed by atoms with van der Waals surface area (Å²) in [6, 6.07) is 15.9. The normalized spacial score (nSPS) is 14.2. The van der Waals surface area contributed by atoms with Crippen LogP contribution < -0.4 is 4.90 Å². The third kappa shape index (κ3) is 5.48. The van der Waals surface area contributed by atoms with Crippen LogP contribution in [0.5, 0.6) is 0 Å². The molecule has 3 heterocycles. The van der Waals surface area contributed by atoms with Gasteiger partial charge in [-0.1, -0.05) is 35.5 Å². The lowest BCUT2D eigenvalue weighted by Gasteiger charge is -2.36. The maximum absolute atomic E-state index is 12.6. The molecule has 0 atom stereocenters. The van der Waals surface area contributed by atoms with Gasteiger partial charge < -0.3 is 14.2 Å². The van der Waals surface area contributed by atoms with Crippen LogP contribution in [-0.2, 0) is 17.6 Å². The van der Waals surface area contributed by atoms with Crippen LogP contribution in [0.4, 0.5) is 5.69 Å². The first kappa shape index (κ1) is 22.2. The summed E-state index contributed by atoms with van der Waals surface area (Å²) in [4.78, 5) is 21.4. The number of piperazine rings is 1. The molecule has 0 spiro atoms. The van der Waals surface area contributed by atoms with Crippen molar-refractivity contribution >= 4 is 56.5 Å². The Hall–Kier alpha value is -2.62. The number of benzene rings is 2. The second kappa shape index (κ2) is 10.1. The topological polar surface area (TPSA) is 75.4 Å². The second-order valence-electron chi connectivity index (χ2n) is 7.67. The van der Waals surface area contributed by atoms with Crippen molar-refractivity contribution in [2.24, 2.45) is 0 Å². The van der Waals surface area contributed by atoms with Gasteiger partial charge in [-0.05, 0) is 36.4 Å². The van der Waals surface area contributed by atoms with Crippen LogP contribution in [0.2, 0.25) is 5.02 Å². The maximum Gasteiger partial charge on any atom is 0.277 e. The van der Waals surface area contributed by atoms with E-state index in [0.29, 0.717) is 36.4 Å². The minimum Gasteiger partial charge on any atom is -0.416 e. The van der Waals surface area contributed by atoms with Gasteiger partial charge in [-0.2, -0.15) is 0 Å². The Labute approximate surface area is 204 Å². The van der Waals surface area contributed by atoms with Gasteiger partial charge in [0.1, 0.15) is 0 Å². The van der Waals surface area contributed by atoms with Gasteiger partial charge in [0.2, 0.25) is 11.8 Å². The summed E-state index contributed by atoms with van der Waals surface area (Å²) >= 11 is 8.95. The van der Waals surface area contributed by atoms with Gasteiger partial charge in [0, 0.05) is 49.7 Å². The molecular weight excluding hydrogens is 478 g/mol. The zero-order valence-corrected chi connectivity index (χ0v) is 20.2. The van der Waals surface area contributed by atoms with Crippen molar-refractivity contribution in [3.05, 3.63) is 64.5 Å². The molecule has 0 N–H and O–H groups in total. The zero-order chi connectivity index (χ0) is 22.6. The zero-order valence-electron chi connectivity index (χ0n) is 17.8. The van der Waals surface area contributed by atoms with E-state index >= 15 is 0 Å². The molecule has 1 amide bonds. The standard InChI is InChI=1S/C23H22ClN5O2S2/c24-16-5-7-17(8-6-16)28-11-13-29(14-12-28)22(30)15-32-23-27-26-20(31-23)9-10-21-25-18-3-1-2-4-19(18)33-21/h1-8H,9-15H2. The second-order valence-corrected chi connectivity index (χ2v) is 10.1. The highest BCUT2D eigenvalue weighted by atomic mass is 35.5. The van der Waals surface area contributed by atoms with Crippen LogP contribution in [-0.4, -0.2) is 57.9 Å². The molecule has 1 aliphatic rings. The number of hydrogen-bond donors (Lipinski definition) is 0. The summed E-state index contributed by atoms with van der Waals surface area (Å²) in [5.74, 6) is 0.950. The van der Waals surface area contributed by atoms with Gasteiger partial charge in [-0.15, -0.1) is 21.5 Å². The van der Waals surface area contributed by atoms with Crippen molar-refractivity contribution in [1.29, 1.82) is 0 Å². The number of fused-ring (bicyclic) bond motifs is 1. The Morgan fingerprint density at radius 3 is 2.61 bits per heavy atom. The van der Waals surface area contributed by atoms with Crippen LogP contribution in [0.25, 0.3) is 10.2 Å². The molecule has 7 nitrogen and oxygen atoms in total. The highest BCUT2D eigenvalue weighted by molar-refractivity contribution is 7.99. The van der Waals surface area contributed by atoms with E-state index in [2.05, 4.69) is 26.1 Å². The molecule has 4 aromatic rings. The van der Waals surface area contributed by atoms with Gasteiger partial charge in [-0.25, -0.2) is 4.98 Å². The van der Waals surface area contributed by atoms with E-state index in [0.717, 1.165) is 40.7 Å². The summed E-state index contributed by atoms with van der Waals surface area (Å²) in [5, 5.41) is 10.4. The van der Waals surface area contributed by atoms with E-state index in [1.54, 1.807) is 11.3 Å². The molecule has 0 bridgehead atoms. The summed E-state index contributed by atoms with van der Waals surface area (Å²) in [7, 11) is 0. The first-order valence-corrected chi connectivity index (χ1v) is 12.9. The summed E-state index contributed by atoms with van der Waals surface area (Å²) in [6.45, 7) is 2.99. The number of aromatic nitrogens is 3. The molecule has 0 saturated carbocycles. The molecule has 1 aliphatic heterocycles. The third-order valence-electron chi connectivity index (χ3n) is 5.48. The Balaban J connectivity index is 1.07. The number of rotatable bonds is 7. The van der Waals surface area contributed by atoms with Crippen LogP contribution in [0.1, 0.15) is 10.9 Å². The van der Waals surface area contributed by atoms with E-state index in [-0.39, 0.29) is 5.91 Å². The molecule has 1 saturated heterocycles. The largest absolute Gasteiger partial charge is 0.416 e. The van der Waals surface area contributed by atoms with E-state index in [1.165, 1.54) is 16.5 Å². The number of thiazole rings is 1. The van der Waals surface area contributed by atoms with Gasteiger partial charge in [-0.3, -0.25) is 4.79 Å². The fourth-order valence-electron chi connectivity index (χ4n) is 3.72. The SMILES string of the molecule is O=C(CSc1nnc(CCc2nc3ccccc3s2)o1)N1CCN(c2ccc(Cl)cc2)CC1. The number of nitrogens with zero attached hydrogens (tertiary/aromatic N) is 5. The Kier molecular flexibility index (Phi) is 6.80. The highest BCUT2D eigenvalue weighted by Crippen LogP contribution is 2.24. The van der Waals surface area contributed by atoms with E-state index < -0.39 is 0 Å². The molecule has 0 aliphatic carbocycles. The van der Waals surface area contributed by atoms with Crippen molar-refractivity contribution < 1.29 is 9.21 Å². The number of aryl methyl sites for hydroxylation is 2. The van der Waals surface area contributed by atoms with E-state index in [4.69, 9.17) is 16.0 Å². The van der Waals surface area contributed by atoms with Crippen LogP contribution in [0.15, 0.2) is 58.2 Å². The first-order chi connectivity index (χ1) is 16.1. The van der Waals surface area contributed by atoms with Crippen LogP contribution in [0, 0.1) is 0 Å². The third-order valence-corrected chi connectivity index (χ3v) is 7.63. The minimum absolute atomic E-state index is 0.0879. The van der Waals surface area contributed by atoms with E-state index in [1.807, 2.05) is 47.4 Å². The number of hydrogen-bond acceptors (Lipinski definition) is 8. The average Bonchev–Trinajstić information content (AvgIpc) is 3.48. The smallest absolute Gasteiger partial charge is 0.277 e. The first-order valence-electron chi connectivity index (χ1n) is 10.7. The molecule has 170 valence electrons. The number of halogens is 1. The lowest BCUT2D eigenvalue weighted by molar-refractivity contribution is -0.128. The predicted octanol–water partition coefficient (Wildman–Crippen LogP) is 4.56. The fraction of sp³-hybridized carbons (Fsp3) is 0.304. The predicted molar refractivity (Wildman–Crippen MR) is 132 cm³/mol. The van der Waals surface area contributed by atoms with Crippen molar-refractivity contribution in [3.8, 4) is 0 Å². The van der Waals surface area contributed by atoms with Crippen molar-refractivity contribution in [3.63, 3.8) is 0 Å². The molecule has 0 unspecified atom stereocenters. The van der Waals surface area contributed by atoms with Gasteiger partial charge in [0.05, 0.1) is 21.0 Å². The molecule has 2 aromatic heterocycles. The summed E-state index contributed by atoms with van der Waals surface area (Å²) in [6.07, 6.45) is 1.39. The lowest BCUT2D eigenvalue weighted by atomic mass is 10.2. The molecule has 1 fully saturated rings. The molecule has 5 rings (SSSR count). The number of amides is 1. The molecule has 2 aromatic carbocycles. The maximum atomic E-state index is 12.6. The molecular formula is C23H22ClN5O2S2. The Bertz CT molecular complexity index is 1200. The fourth-order valence-corrected chi connectivity index (χ4v) is 5.50. The molecule has 33 heavy (non-hydrogen) atoms. The summed E-state index contributed by atoms with van der Waals surface area (Å²) in [5.41, 5.74) is 2.15. The van der Waals surface area contributed by atoms with Gasteiger partial charge in [0.15, 0.2) is 0 Å². The van der Waals surface area contributed by atoms with Crippen molar-refractivity contribution in [2.45, 2.75) is 18.1 Å². The number of carbonyl (C=O) groups is 1. The Morgan fingerprint density at radius 2 is 1.82 bits per heavy atom. The number of carbonyl (C=O) groups excluding carboxylic acids is 1. The number of anilines is 1. The minimum atomic E-state index is 0.0879. The molecule has 0 radical (unpaired) electrons. The van der Waals surface area contributed by atoms with Gasteiger partial charge >= 0.3 is 0 Å². The van der Waals surface area contributed by atoms with Crippen LogP contribution >= 0.6 is 34.7 Å². The Morgan fingerprint density at radius 1 is 1.03 bits per heavy atom. The van der Waals surface area contributed by atoms with Crippen molar-refractivity contribution in [1.82, 2.24) is 20.1 Å². The summed E-state index contributed by atoms with van der Waals surface area (Å²) < 4.78 is 6.91. The molecule has 10 heteroatoms. The van der Waals surface area contributed by atoms with Crippen molar-refractivity contribution in [2.75, 3.05) is 36.8 Å². The number of para-hydroxylation sites is 1.